The molecule has 6 nitrogen and oxygen atoms in total. The second-order valence-electron chi connectivity index (χ2n) is 6.89. The zero-order valence-electron chi connectivity index (χ0n) is 15.7. The zero-order valence-corrected chi connectivity index (χ0v) is 15.7. The number of amides is 2. The number of aromatic carboxylic acids is 1. The summed E-state index contributed by atoms with van der Waals surface area (Å²) in [6.45, 7) is 2.04. The van der Waals surface area contributed by atoms with Gasteiger partial charge in [0.25, 0.3) is 5.91 Å². The highest BCUT2D eigenvalue weighted by molar-refractivity contribution is 5.96. The molecule has 2 aromatic rings. The van der Waals surface area contributed by atoms with E-state index in [1.54, 1.807) is 4.90 Å². The maximum absolute atomic E-state index is 12.6. The van der Waals surface area contributed by atoms with Crippen LogP contribution in [0.25, 0.3) is 0 Å². The number of hydrogen-bond donors (Lipinski definition) is 1. The van der Waals surface area contributed by atoms with Crippen LogP contribution in [0.2, 0.25) is 0 Å². The van der Waals surface area contributed by atoms with Crippen LogP contribution in [0.1, 0.15) is 39.1 Å². The van der Waals surface area contributed by atoms with Gasteiger partial charge < -0.3 is 14.9 Å². The molecule has 1 heterocycles. The van der Waals surface area contributed by atoms with Crippen LogP contribution in [-0.2, 0) is 11.2 Å². The van der Waals surface area contributed by atoms with Crippen LogP contribution in [0.15, 0.2) is 54.6 Å². The van der Waals surface area contributed by atoms with Gasteiger partial charge in [0.1, 0.15) is 0 Å². The fourth-order valence-corrected chi connectivity index (χ4v) is 3.34. The van der Waals surface area contributed by atoms with E-state index in [0.717, 1.165) is 12.8 Å². The van der Waals surface area contributed by atoms with E-state index in [4.69, 9.17) is 5.11 Å². The quantitative estimate of drug-likeness (QED) is 0.836. The molecule has 0 spiro atoms. The normalized spacial score (nSPS) is 14.0. The van der Waals surface area contributed by atoms with Crippen molar-refractivity contribution in [2.75, 3.05) is 26.2 Å². The predicted molar refractivity (Wildman–Crippen MR) is 105 cm³/mol. The standard InChI is InChI=1S/C22H24N2O4/c25-20(8-4-7-17-5-2-1-3-6-17)23-13-15-24(16-14-23)21(26)18-9-11-19(12-10-18)22(27)28/h1-3,5-6,9-12H,4,7-8,13-16H2,(H,27,28). The monoisotopic (exact) mass is 380 g/mol. The predicted octanol–water partition coefficient (Wildman–Crippen LogP) is 2.69. The summed E-state index contributed by atoms with van der Waals surface area (Å²) in [5.41, 5.74) is 1.86. The van der Waals surface area contributed by atoms with Crippen molar-refractivity contribution < 1.29 is 19.5 Å². The van der Waals surface area contributed by atoms with Crippen LogP contribution in [0.3, 0.4) is 0 Å². The maximum Gasteiger partial charge on any atom is 0.335 e. The summed E-state index contributed by atoms with van der Waals surface area (Å²) < 4.78 is 0. The van der Waals surface area contributed by atoms with Crippen molar-refractivity contribution in [2.24, 2.45) is 0 Å². The minimum absolute atomic E-state index is 0.131. The second-order valence-corrected chi connectivity index (χ2v) is 6.89. The third-order valence-electron chi connectivity index (χ3n) is 5.00. The lowest BCUT2D eigenvalue weighted by molar-refractivity contribution is -0.132. The minimum Gasteiger partial charge on any atom is -0.478 e. The van der Waals surface area contributed by atoms with E-state index in [9.17, 15) is 14.4 Å². The highest BCUT2D eigenvalue weighted by atomic mass is 16.4. The lowest BCUT2D eigenvalue weighted by atomic mass is 10.1. The van der Waals surface area contributed by atoms with Crippen LogP contribution in [0.4, 0.5) is 0 Å². The average molecular weight is 380 g/mol. The van der Waals surface area contributed by atoms with Crippen molar-refractivity contribution in [1.82, 2.24) is 9.80 Å². The summed E-state index contributed by atoms with van der Waals surface area (Å²) in [6, 6.07) is 16.1. The van der Waals surface area contributed by atoms with E-state index >= 15 is 0 Å². The van der Waals surface area contributed by atoms with Gasteiger partial charge in [0.2, 0.25) is 5.91 Å². The molecule has 6 heteroatoms. The Labute approximate surface area is 164 Å². The molecule has 0 saturated carbocycles. The van der Waals surface area contributed by atoms with Gasteiger partial charge in [0.15, 0.2) is 0 Å². The molecule has 1 fully saturated rings. The van der Waals surface area contributed by atoms with Gasteiger partial charge in [0.05, 0.1) is 5.56 Å². The van der Waals surface area contributed by atoms with Crippen molar-refractivity contribution in [3.8, 4) is 0 Å². The molecule has 1 aliphatic heterocycles. The van der Waals surface area contributed by atoms with Crippen LogP contribution in [-0.4, -0.2) is 58.9 Å². The largest absolute Gasteiger partial charge is 0.478 e. The van der Waals surface area contributed by atoms with E-state index in [2.05, 4.69) is 12.1 Å². The van der Waals surface area contributed by atoms with Crippen molar-refractivity contribution in [1.29, 1.82) is 0 Å². The second kappa shape index (κ2) is 9.17. The lowest BCUT2D eigenvalue weighted by Gasteiger charge is -2.35. The van der Waals surface area contributed by atoms with Gasteiger partial charge in [-0.25, -0.2) is 4.79 Å². The van der Waals surface area contributed by atoms with E-state index in [1.807, 2.05) is 23.1 Å². The van der Waals surface area contributed by atoms with Gasteiger partial charge in [-0.2, -0.15) is 0 Å². The zero-order chi connectivity index (χ0) is 19.9. The molecule has 0 unspecified atom stereocenters. The number of hydrogen-bond acceptors (Lipinski definition) is 3. The number of aryl methyl sites for hydroxylation is 1. The summed E-state index contributed by atoms with van der Waals surface area (Å²) >= 11 is 0. The average Bonchev–Trinajstić information content (AvgIpc) is 2.74. The fraction of sp³-hybridized carbons (Fsp3) is 0.318. The summed E-state index contributed by atoms with van der Waals surface area (Å²) in [5, 5.41) is 8.94. The molecule has 28 heavy (non-hydrogen) atoms. The minimum atomic E-state index is -1.02. The van der Waals surface area contributed by atoms with Crippen molar-refractivity contribution in [2.45, 2.75) is 19.3 Å². The number of carboxylic acids is 1. The molecule has 1 saturated heterocycles. The SMILES string of the molecule is O=C(O)c1ccc(C(=O)N2CCN(C(=O)CCCc3ccccc3)CC2)cc1. The van der Waals surface area contributed by atoms with E-state index < -0.39 is 5.97 Å². The molecule has 0 bridgehead atoms. The first kappa shape index (κ1) is 19.6. The van der Waals surface area contributed by atoms with Crippen LogP contribution in [0, 0.1) is 0 Å². The molecule has 2 amide bonds. The first-order valence-electron chi connectivity index (χ1n) is 9.49. The fourth-order valence-electron chi connectivity index (χ4n) is 3.34. The molecular weight excluding hydrogens is 356 g/mol. The number of benzene rings is 2. The van der Waals surface area contributed by atoms with Crippen molar-refractivity contribution in [3.63, 3.8) is 0 Å². The van der Waals surface area contributed by atoms with E-state index in [1.165, 1.54) is 29.8 Å². The third kappa shape index (κ3) is 4.97. The Balaban J connectivity index is 1.45. The molecule has 1 aliphatic rings. The smallest absolute Gasteiger partial charge is 0.335 e. The van der Waals surface area contributed by atoms with Gasteiger partial charge in [-0.1, -0.05) is 30.3 Å². The van der Waals surface area contributed by atoms with Crippen molar-refractivity contribution in [3.05, 3.63) is 71.3 Å². The summed E-state index contributed by atoms with van der Waals surface area (Å²) in [7, 11) is 0. The van der Waals surface area contributed by atoms with Crippen LogP contribution < -0.4 is 0 Å². The van der Waals surface area contributed by atoms with Gasteiger partial charge in [0, 0.05) is 38.2 Å². The van der Waals surface area contributed by atoms with Gasteiger partial charge >= 0.3 is 5.97 Å². The van der Waals surface area contributed by atoms with E-state index in [-0.39, 0.29) is 17.4 Å². The van der Waals surface area contributed by atoms with Gasteiger partial charge in [-0.15, -0.1) is 0 Å². The number of carbonyl (C=O) groups is 3. The number of piperazine rings is 1. The molecule has 0 aliphatic carbocycles. The Bertz CT molecular complexity index is 825. The highest BCUT2D eigenvalue weighted by Gasteiger charge is 2.24. The van der Waals surface area contributed by atoms with Crippen LogP contribution in [0.5, 0.6) is 0 Å². The highest BCUT2D eigenvalue weighted by Crippen LogP contribution is 2.12. The Morgan fingerprint density at radius 1 is 0.786 bits per heavy atom. The molecule has 2 aromatic carbocycles. The van der Waals surface area contributed by atoms with Gasteiger partial charge in [-0.05, 0) is 42.7 Å². The number of rotatable bonds is 6. The Morgan fingerprint density at radius 2 is 1.36 bits per heavy atom. The number of carbonyl (C=O) groups excluding carboxylic acids is 2. The first-order chi connectivity index (χ1) is 13.5. The Kier molecular flexibility index (Phi) is 6.42. The van der Waals surface area contributed by atoms with E-state index in [0.29, 0.717) is 38.2 Å². The molecular formula is C22H24N2O4. The number of nitrogens with zero attached hydrogens (tertiary/aromatic N) is 2. The topological polar surface area (TPSA) is 77.9 Å². The van der Waals surface area contributed by atoms with Crippen LogP contribution >= 0.6 is 0 Å². The molecule has 0 aromatic heterocycles. The molecule has 146 valence electrons. The lowest BCUT2D eigenvalue weighted by Crippen LogP contribution is -2.50. The Hall–Kier alpha value is -3.15. The molecule has 3 rings (SSSR count). The van der Waals surface area contributed by atoms with Crippen molar-refractivity contribution >= 4 is 17.8 Å². The maximum atomic E-state index is 12.6. The summed E-state index contributed by atoms with van der Waals surface area (Å²) in [5.74, 6) is -1.01. The third-order valence-corrected chi connectivity index (χ3v) is 5.00. The first-order valence-corrected chi connectivity index (χ1v) is 9.49. The molecule has 0 atom stereocenters. The van der Waals surface area contributed by atoms with Gasteiger partial charge in [-0.3, -0.25) is 9.59 Å². The summed E-state index contributed by atoms with van der Waals surface area (Å²) in [6.07, 6.45) is 2.22. The molecule has 1 N–H and O–H groups in total. The Morgan fingerprint density at radius 3 is 1.96 bits per heavy atom. The molecule has 0 radical (unpaired) electrons. The summed E-state index contributed by atoms with van der Waals surface area (Å²) in [4.78, 5) is 39.4. The number of carboxylic acid groups (broad SMARTS) is 1.